The van der Waals surface area contributed by atoms with Crippen LogP contribution in [0.25, 0.3) is 0 Å². The Hall–Kier alpha value is -2.49. The molecule has 0 spiro atoms. The maximum absolute atomic E-state index is 12.9. The number of hydrazone groups is 1. The minimum absolute atomic E-state index is 0.0506. The minimum atomic E-state index is -0.407. The Morgan fingerprint density at radius 1 is 1.21 bits per heavy atom. The second kappa shape index (κ2) is 8.89. The lowest BCUT2D eigenvalue weighted by atomic mass is 10.1. The number of hydrogen-bond donors (Lipinski definition) is 0. The van der Waals surface area contributed by atoms with Crippen molar-refractivity contribution in [1.82, 2.24) is 5.01 Å². The molecule has 6 nitrogen and oxygen atoms in total. The van der Waals surface area contributed by atoms with Gasteiger partial charge in [0.2, 0.25) is 0 Å². The first-order valence-electron chi connectivity index (χ1n) is 8.89. The number of carbonyl (C=O) groups is 1. The average molecular weight is 444 g/mol. The Morgan fingerprint density at radius 2 is 2.03 bits per heavy atom. The van der Waals surface area contributed by atoms with Crippen LogP contribution in [0, 0.1) is 10.1 Å². The van der Waals surface area contributed by atoms with Crippen molar-refractivity contribution in [3.8, 4) is 0 Å². The Morgan fingerprint density at radius 3 is 2.76 bits per heavy atom. The van der Waals surface area contributed by atoms with E-state index < -0.39 is 4.92 Å². The maximum atomic E-state index is 12.9. The number of hydrogen-bond acceptors (Lipinski definition) is 7. The van der Waals surface area contributed by atoms with Crippen LogP contribution in [-0.4, -0.2) is 27.3 Å². The normalized spacial score (nSPS) is 16.1. The lowest BCUT2D eigenvalue weighted by Gasteiger charge is -2.20. The molecule has 0 fully saturated rings. The molecular formula is C20H17N3O3S3. The van der Waals surface area contributed by atoms with Crippen molar-refractivity contribution in [3.05, 3.63) is 84.7 Å². The van der Waals surface area contributed by atoms with Gasteiger partial charge in [-0.25, -0.2) is 5.01 Å². The van der Waals surface area contributed by atoms with Gasteiger partial charge < -0.3 is 0 Å². The molecular weight excluding hydrogens is 426 g/mol. The number of rotatable bonds is 7. The summed E-state index contributed by atoms with van der Waals surface area (Å²) in [7, 11) is 0. The zero-order valence-corrected chi connectivity index (χ0v) is 17.7. The number of nitrogens with zero attached hydrogens (tertiary/aromatic N) is 3. The van der Waals surface area contributed by atoms with Crippen LogP contribution in [0.2, 0.25) is 0 Å². The molecule has 1 atom stereocenters. The van der Waals surface area contributed by atoms with Gasteiger partial charge in [-0.05, 0) is 28.5 Å². The Balaban J connectivity index is 1.44. The molecule has 0 unspecified atom stereocenters. The summed E-state index contributed by atoms with van der Waals surface area (Å²) in [6.07, 6.45) is 0.711. The maximum Gasteiger partial charge on any atom is 0.269 e. The molecule has 9 heteroatoms. The van der Waals surface area contributed by atoms with Crippen LogP contribution in [0.15, 0.2) is 64.4 Å². The molecule has 0 bridgehead atoms. The van der Waals surface area contributed by atoms with Crippen LogP contribution in [0.5, 0.6) is 0 Å². The molecule has 1 aromatic carbocycles. The predicted octanol–water partition coefficient (Wildman–Crippen LogP) is 5.33. The van der Waals surface area contributed by atoms with Crippen LogP contribution in [0.1, 0.15) is 27.8 Å². The number of nitro benzene ring substituents is 1. The summed E-state index contributed by atoms with van der Waals surface area (Å²) in [5.41, 5.74) is 1.84. The molecule has 148 valence electrons. The summed E-state index contributed by atoms with van der Waals surface area (Å²) in [4.78, 5) is 25.6. The molecule has 3 heterocycles. The van der Waals surface area contributed by atoms with E-state index in [2.05, 4.69) is 5.10 Å². The van der Waals surface area contributed by atoms with Crippen molar-refractivity contribution in [2.75, 3.05) is 5.75 Å². The fourth-order valence-electron chi connectivity index (χ4n) is 3.12. The van der Waals surface area contributed by atoms with Gasteiger partial charge in [-0.1, -0.05) is 24.3 Å². The molecule has 0 aliphatic carbocycles. The number of thiophene rings is 2. The highest BCUT2D eigenvalue weighted by molar-refractivity contribution is 7.99. The van der Waals surface area contributed by atoms with Crippen LogP contribution < -0.4 is 0 Å². The highest BCUT2D eigenvalue weighted by Gasteiger charge is 2.33. The minimum Gasteiger partial charge on any atom is -0.272 e. The standard InChI is InChI=1S/C20H17N3O3S3/c24-20(13-27-12-14-4-1-5-15(10-14)23(25)26)22-17(19-7-3-9-29-19)11-16(21-22)18-6-2-8-28-18/h1-10,17H,11-13H2/t17-/m1/s1. The fourth-order valence-corrected chi connectivity index (χ4v) is 5.47. The van der Waals surface area contributed by atoms with E-state index in [0.717, 1.165) is 21.0 Å². The topological polar surface area (TPSA) is 75.8 Å². The first kappa shape index (κ1) is 19.8. The molecule has 1 aliphatic heterocycles. The molecule has 1 amide bonds. The van der Waals surface area contributed by atoms with E-state index in [1.807, 2.05) is 41.1 Å². The van der Waals surface area contributed by atoms with Crippen molar-refractivity contribution < 1.29 is 9.72 Å². The molecule has 4 rings (SSSR count). The van der Waals surface area contributed by atoms with E-state index in [0.29, 0.717) is 12.2 Å². The van der Waals surface area contributed by atoms with Crippen molar-refractivity contribution in [2.24, 2.45) is 5.10 Å². The van der Waals surface area contributed by atoms with E-state index in [-0.39, 0.29) is 23.4 Å². The number of benzene rings is 1. The third-order valence-corrected chi connectivity index (χ3v) is 7.34. The van der Waals surface area contributed by atoms with E-state index in [1.54, 1.807) is 39.8 Å². The second-order valence-corrected chi connectivity index (χ2v) is 9.33. The van der Waals surface area contributed by atoms with Gasteiger partial charge in [0, 0.05) is 29.2 Å². The number of non-ortho nitro benzene ring substituents is 1. The van der Waals surface area contributed by atoms with Gasteiger partial charge in [-0.15, -0.1) is 34.4 Å². The number of amides is 1. The summed E-state index contributed by atoms with van der Waals surface area (Å²) < 4.78 is 0. The number of carbonyl (C=O) groups excluding carboxylic acids is 1. The third-order valence-electron chi connectivity index (χ3n) is 4.46. The summed E-state index contributed by atoms with van der Waals surface area (Å²) in [6.45, 7) is 0. The van der Waals surface area contributed by atoms with Crippen LogP contribution in [-0.2, 0) is 10.5 Å². The quantitative estimate of drug-likeness (QED) is 0.365. The van der Waals surface area contributed by atoms with Gasteiger partial charge in [0.05, 0.1) is 27.3 Å². The Kier molecular flexibility index (Phi) is 6.08. The van der Waals surface area contributed by atoms with Gasteiger partial charge >= 0.3 is 0 Å². The molecule has 0 radical (unpaired) electrons. The van der Waals surface area contributed by atoms with Crippen molar-refractivity contribution >= 4 is 51.7 Å². The Bertz CT molecular complexity index is 1030. The summed E-state index contributed by atoms with van der Waals surface area (Å²) in [5.74, 6) is 0.753. The average Bonchev–Trinajstić information content (AvgIpc) is 3.48. The van der Waals surface area contributed by atoms with Crippen molar-refractivity contribution in [2.45, 2.75) is 18.2 Å². The zero-order valence-electron chi connectivity index (χ0n) is 15.3. The SMILES string of the molecule is O=C(CSCc1cccc([N+](=O)[O-])c1)N1N=C(c2cccs2)C[C@@H]1c1cccs1. The lowest BCUT2D eigenvalue weighted by molar-refractivity contribution is -0.384. The van der Waals surface area contributed by atoms with Crippen LogP contribution in [0.4, 0.5) is 5.69 Å². The Labute approximate surface area is 180 Å². The first-order valence-corrected chi connectivity index (χ1v) is 11.8. The van der Waals surface area contributed by atoms with Gasteiger partial charge in [-0.3, -0.25) is 14.9 Å². The number of nitro groups is 1. The molecule has 0 saturated carbocycles. The monoisotopic (exact) mass is 443 g/mol. The molecule has 0 N–H and O–H groups in total. The molecule has 2 aromatic heterocycles. The second-order valence-electron chi connectivity index (χ2n) is 6.42. The molecule has 29 heavy (non-hydrogen) atoms. The summed E-state index contributed by atoms with van der Waals surface area (Å²) >= 11 is 4.70. The van der Waals surface area contributed by atoms with Gasteiger partial charge in [0.1, 0.15) is 0 Å². The smallest absolute Gasteiger partial charge is 0.269 e. The van der Waals surface area contributed by atoms with Crippen LogP contribution >= 0.6 is 34.4 Å². The van der Waals surface area contributed by atoms with Gasteiger partial charge in [0.15, 0.2) is 0 Å². The number of thioether (sulfide) groups is 1. The zero-order chi connectivity index (χ0) is 20.2. The van der Waals surface area contributed by atoms with Gasteiger partial charge in [-0.2, -0.15) is 5.10 Å². The van der Waals surface area contributed by atoms with E-state index in [4.69, 9.17) is 0 Å². The summed E-state index contributed by atoms with van der Waals surface area (Å²) in [5, 5.41) is 21.2. The van der Waals surface area contributed by atoms with Crippen molar-refractivity contribution in [1.29, 1.82) is 0 Å². The first-order chi connectivity index (χ1) is 14.1. The predicted molar refractivity (Wildman–Crippen MR) is 119 cm³/mol. The largest absolute Gasteiger partial charge is 0.272 e. The fraction of sp³-hybridized carbons (Fsp3) is 0.200. The lowest BCUT2D eigenvalue weighted by Crippen LogP contribution is -2.28. The molecule has 1 aliphatic rings. The van der Waals surface area contributed by atoms with Gasteiger partial charge in [0.25, 0.3) is 11.6 Å². The van der Waals surface area contributed by atoms with E-state index in [1.165, 1.54) is 17.8 Å². The third kappa shape index (κ3) is 4.58. The van der Waals surface area contributed by atoms with E-state index >= 15 is 0 Å². The van der Waals surface area contributed by atoms with Crippen molar-refractivity contribution in [3.63, 3.8) is 0 Å². The highest BCUT2D eigenvalue weighted by Crippen LogP contribution is 2.36. The molecule has 3 aromatic rings. The highest BCUT2D eigenvalue weighted by atomic mass is 32.2. The molecule has 0 saturated heterocycles. The van der Waals surface area contributed by atoms with E-state index in [9.17, 15) is 14.9 Å². The van der Waals surface area contributed by atoms with Crippen LogP contribution in [0.3, 0.4) is 0 Å². The summed E-state index contributed by atoms with van der Waals surface area (Å²) in [6, 6.07) is 14.5.